The average Bonchev–Trinajstić information content (AvgIpc) is 2.79. The van der Waals surface area contributed by atoms with Crippen molar-refractivity contribution in [1.29, 1.82) is 0 Å². The number of nitrogens with one attached hydrogen (secondary N) is 1. The lowest BCUT2D eigenvalue weighted by Crippen LogP contribution is -2.27. The summed E-state index contributed by atoms with van der Waals surface area (Å²) in [5.74, 6) is -1.10. The van der Waals surface area contributed by atoms with Crippen LogP contribution in [0.4, 0.5) is 0 Å². The van der Waals surface area contributed by atoms with E-state index in [0.717, 1.165) is 5.56 Å². The number of carbonyl (C=O) groups excluding carboxylic acids is 1. The second-order valence-electron chi connectivity index (χ2n) is 6.44. The second kappa shape index (κ2) is 9.89. The van der Waals surface area contributed by atoms with Crippen LogP contribution in [-0.2, 0) is 4.79 Å². The van der Waals surface area contributed by atoms with Gasteiger partial charge >= 0.3 is 5.97 Å². The van der Waals surface area contributed by atoms with Crippen LogP contribution in [0.25, 0.3) is 6.08 Å². The van der Waals surface area contributed by atoms with Crippen molar-refractivity contribution in [3.8, 4) is 5.75 Å². The van der Waals surface area contributed by atoms with Crippen LogP contribution in [0.15, 0.2) is 103 Å². The standard InChI is InChI=1S/C25H21NO4/c1-2-23(19-9-5-3-6-10-19)30-21-15-13-18(14-16-21)17-22(25(28)29)26-24(27)20-11-7-4-8-12-20/h2-17,23H,1H2,(H,26,27)(H,28,29)/b22-17+. The molecule has 5 heteroatoms. The number of amides is 1. The molecule has 5 nitrogen and oxygen atoms in total. The van der Waals surface area contributed by atoms with Crippen LogP contribution in [0.1, 0.15) is 27.6 Å². The number of hydrogen-bond donors (Lipinski definition) is 2. The van der Waals surface area contributed by atoms with Crippen molar-refractivity contribution in [3.63, 3.8) is 0 Å². The minimum Gasteiger partial charge on any atom is -0.482 e. The number of aliphatic carboxylic acids is 1. The number of carboxylic acids is 1. The molecular weight excluding hydrogens is 378 g/mol. The summed E-state index contributed by atoms with van der Waals surface area (Å²) in [4.78, 5) is 23.8. The zero-order chi connectivity index (χ0) is 21.3. The Balaban J connectivity index is 1.73. The summed E-state index contributed by atoms with van der Waals surface area (Å²) in [6, 6.07) is 25.1. The molecule has 0 saturated heterocycles. The van der Waals surface area contributed by atoms with Crippen molar-refractivity contribution in [2.75, 3.05) is 0 Å². The highest BCUT2D eigenvalue weighted by atomic mass is 16.5. The van der Waals surface area contributed by atoms with Gasteiger partial charge < -0.3 is 15.2 Å². The van der Waals surface area contributed by atoms with Gasteiger partial charge in [0.1, 0.15) is 17.6 Å². The molecule has 0 radical (unpaired) electrons. The maximum atomic E-state index is 12.2. The van der Waals surface area contributed by atoms with Crippen molar-refractivity contribution < 1.29 is 19.4 Å². The van der Waals surface area contributed by atoms with Crippen LogP contribution in [0.2, 0.25) is 0 Å². The molecule has 0 bridgehead atoms. The van der Waals surface area contributed by atoms with Gasteiger partial charge in [-0.1, -0.05) is 67.2 Å². The minimum absolute atomic E-state index is 0.217. The third kappa shape index (κ3) is 5.45. The van der Waals surface area contributed by atoms with Crippen LogP contribution in [-0.4, -0.2) is 17.0 Å². The lowest BCUT2D eigenvalue weighted by Gasteiger charge is -2.16. The number of carboxylic acid groups (broad SMARTS) is 1. The van der Waals surface area contributed by atoms with Crippen LogP contribution in [0.3, 0.4) is 0 Å². The van der Waals surface area contributed by atoms with Gasteiger partial charge in [0.05, 0.1) is 0 Å². The molecule has 0 saturated carbocycles. The zero-order valence-electron chi connectivity index (χ0n) is 16.2. The van der Waals surface area contributed by atoms with E-state index in [1.807, 2.05) is 30.3 Å². The molecule has 3 aromatic carbocycles. The van der Waals surface area contributed by atoms with Crippen LogP contribution in [0.5, 0.6) is 5.75 Å². The molecular formula is C25H21NO4. The fourth-order valence-corrected chi connectivity index (χ4v) is 2.79. The Labute approximate surface area is 175 Å². The SMILES string of the molecule is C=CC(Oc1ccc(/C=C(/NC(=O)c2ccccc2)C(=O)O)cc1)c1ccccc1. The summed E-state index contributed by atoms with van der Waals surface area (Å²) in [5, 5.41) is 11.9. The Bertz CT molecular complexity index is 1040. The monoisotopic (exact) mass is 399 g/mol. The molecule has 150 valence electrons. The van der Waals surface area contributed by atoms with E-state index in [1.165, 1.54) is 6.08 Å². The zero-order valence-corrected chi connectivity index (χ0v) is 16.2. The van der Waals surface area contributed by atoms with Crippen LogP contribution >= 0.6 is 0 Å². The summed E-state index contributed by atoms with van der Waals surface area (Å²) in [7, 11) is 0. The predicted octanol–water partition coefficient (Wildman–Crippen LogP) is 4.85. The number of carbonyl (C=O) groups is 2. The number of ether oxygens (including phenoxy) is 1. The third-order valence-electron chi connectivity index (χ3n) is 4.31. The maximum Gasteiger partial charge on any atom is 0.352 e. The van der Waals surface area contributed by atoms with Gasteiger partial charge in [-0.2, -0.15) is 0 Å². The van der Waals surface area contributed by atoms with E-state index in [0.29, 0.717) is 16.9 Å². The van der Waals surface area contributed by atoms with Crippen molar-refractivity contribution in [1.82, 2.24) is 5.32 Å². The number of rotatable bonds is 8. The summed E-state index contributed by atoms with van der Waals surface area (Å²) in [6.45, 7) is 3.82. The van der Waals surface area contributed by atoms with Gasteiger partial charge in [-0.05, 0) is 47.5 Å². The molecule has 3 rings (SSSR count). The number of benzene rings is 3. The molecule has 0 aromatic heterocycles. The Morgan fingerprint density at radius 2 is 1.50 bits per heavy atom. The van der Waals surface area contributed by atoms with Crippen LogP contribution in [0, 0.1) is 0 Å². The lowest BCUT2D eigenvalue weighted by atomic mass is 10.1. The first-order valence-corrected chi connectivity index (χ1v) is 9.32. The van der Waals surface area contributed by atoms with E-state index in [1.54, 1.807) is 60.7 Å². The van der Waals surface area contributed by atoms with Crippen molar-refractivity contribution >= 4 is 18.0 Å². The van der Waals surface area contributed by atoms with E-state index in [4.69, 9.17) is 4.74 Å². The van der Waals surface area contributed by atoms with Gasteiger partial charge in [-0.25, -0.2) is 4.79 Å². The van der Waals surface area contributed by atoms with Gasteiger partial charge in [0.2, 0.25) is 0 Å². The van der Waals surface area contributed by atoms with Gasteiger partial charge in [0.25, 0.3) is 5.91 Å². The molecule has 30 heavy (non-hydrogen) atoms. The van der Waals surface area contributed by atoms with Gasteiger partial charge in [-0.3, -0.25) is 4.79 Å². The topological polar surface area (TPSA) is 75.6 Å². The Morgan fingerprint density at radius 3 is 2.07 bits per heavy atom. The fraction of sp³-hybridized carbons (Fsp3) is 0.0400. The van der Waals surface area contributed by atoms with Gasteiger partial charge in [0, 0.05) is 5.56 Å². The molecule has 0 spiro atoms. The van der Waals surface area contributed by atoms with Crippen molar-refractivity contribution in [3.05, 3.63) is 120 Å². The van der Waals surface area contributed by atoms with Crippen molar-refractivity contribution in [2.24, 2.45) is 0 Å². The molecule has 1 amide bonds. The largest absolute Gasteiger partial charge is 0.482 e. The second-order valence-corrected chi connectivity index (χ2v) is 6.44. The van der Waals surface area contributed by atoms with Crippen LogP contribution < -0.4 is 10.1 Å². The summed E-state index contributed by atoms with van der Waals surface area (Å²) in [6.07, 6.45) is 2.81. The first-order valence-electron chi connectivity index (χ1n) is 9.32. The highest BCUT2D eigenvalue weighted by Gasteiger charge is 2.13. The van der Waals surface area contributed by atoms with Gasteiger partial charge in [-0.15, -0.1) is 0 Å². The quantitative estimate of drug-likeness (QED) is 0.419. The summed E-state index contributed by atoms with van der Waals surface area (Å²) in [5.41, 5.74) is 1.76. The van der Waals surface area contributed by atoms with Crippen molar-refractivity contribution in [2.45, 2.75) is 6.10 Å². The fourth-order valence-electron chi connectivity index (χ4n) is 2.79. The summed E-state index contributed by atoms with van der Waals surface area (Å²) < 4.78 is 5.95. The first kappa shape index (κ1) is 20.6. The molecule has 3 aromatic rings. The Hall–Kier alpha value is -4.12. The lowest BCUT2D eigenvalue weighted by molar-refractivity contribution is -0.132. The first-order chi connectivity index (χ1) is 14.6. The molecule has 0 aliphatic carbocycles. The highest BCUT2D eigenvalue weighted by Crippen LogP contribution is 2.23. The Kier molecular flexibility index (Phi) is 6.79. The normalized spacial score (nSPS) is 11.9. The average molecular weight is 399 g/mol. The molecule has 0 heterocycles. The number of hydrogen-bond acceptors (Lipinski definition) is 3. The third-order valence-corrected chi connectivity index (χ3v) is 4.31. The van der Waals surface area contributed by atoms with E-state index >= 15 is 0 Å². The van der Waals surface area contributed by atoms with Gasteiger partial charge in [0.15, 0.2) is 0 Å². The highest BCUT2D eigenvalue weighted by molar-refractivity contribution is 6.02. The van der Waals surface area contributed by atoms with E-state index in [9.17, 15) is 14.7 Å². The predicted molar refractivity (Wildman–Crippen MR) is 116 cm³/mol. The summed E-state index contributed by atoms with van der Waals surface area (Å²) >= 11 is 0. The molecule has 0 fully saturated rings. The van der Waals surface area contributed by atoms with E-state index in [2.05, 4.69) is 11.9 Å². The smallest absolute Gasteiger partial charge is 0.352 e. The Morgan fingerprint density at radius 1 is 0.900 bits per heavy atom. The molecule has 1 unspecified atom stereocenters. The molecule has 2 N–H and O–H groups in total. The minimum atomic E-state index is -1.23. The van der Waals surface area contributed by atoms with E-state index in [-0.39, 0.29) is 11.8 Å². The molecule has 1 atom stereocenters. The molecule has 0 aliphatic heterocycles. The molecule has 0 aliphatic rings. The van der Waals surface area contributed by atoms with E-state index < -0.39 is 11.9 Å². The maximum absolute atomic E-state index is 12.2.